The van der Waals surface area contributed by atoms with Crippen LogP contribution in [0.5, 0.6) is 0 Å². The van der Waals surface area contributed by atoms with Crippen molar-refractivity contribution in [2.75, 3.05) is 13.1 Å². The Morgan fingerprint density at radius 3 is 2.63 bits per heavy atom. The predicted molar refractivity (Wildman–Crippen MR) is 68.5 cm³/mol. The molecule has 1 saturated heterocycles. The summed E-state index contributed by atoms with van der Waals surface area (Å²) in [6.45, 7) is 6.28. The van der Waals surface area contributed by atoms with Crippen molar-refractivity contribution in [3.63, 3.8) is 0 Å². The molecule has 108 valence electrons. The molecule has 1 heterocycles. The zero-order chi connectivity index (χ0) is 14.6. The van der Waals surface area contributed by atoms with Crippen molar-refractivity contribution < 1.29 is 19.5 Å². The fourth-order valence-corrected chi connectivity index (χ4v) is 2.13. The van der Waals surface area contributed by atoms with Gasteiger partial charge in [0.2, 0.25) is 11.8 Å². The second kappa shape index (κ2) is 6.51. The number of nitrogens with one attached hydrogen (secondary N) is 2. The minimum absolute atomic E-state index is 0.00601. The fraction of sp³-hybridized carbons (Fsp3) is 0.750. The van der Waals surface area contributed by atoms with Gasteiger partial charge in [-0.2, -0.15) is 0 Å². The number of carboxylic acids is 1. The van der Waals surface area contributed by atoms with Crippen LogP contribution in [0.1, 0.15) is 27.2 Å². The maximum absolute atomic E-state index is 12.0. The quantitative estimate of drug-likeness (QED) is 0.606. The summed E-state index contributed by atoms with van der Waals surface area (Å²) >= 11 is 0. The van der Waals surface area contributed by atoms with Crippen molar-refractivity contribution in [1.29, 1.82) is 0 Å². The first-order chi connectivity index (χ1) is 8.82. The van der Waals surface area contributed by atoms with Gasteiger partial charge < -0.3 is 15.7 Å². The summed E-state index contributed by atoms with van der Waals surface area (Å²) in [7, 11) is 0. The lowest BCUT2D eigenvalue weighted by Crippen LogP contribution is -2.61. The number of carbonyl (C=O) groups excluding carboxylic acids is 2. The number of piperazine rings is 1. The molecule has 0 aromatic rings. The van der Waals surface area contributed by atoms with Crippen LogP contribution < -0.4 is 10.6 Å². The maximum Gasteiger partial charge on any atom is 0.305 e. The second-order valence-electron chi connectivity index (χ2n) is 4.98. The molecule has 2 amide bonds. The molecule has 1 aliphatic heterocycles. The summed E-state index contributed by atoms with van der Waals surface area (Å²) in [5, 5.41) is 14.3. The van der Waals surface area contributed by atoms with Crippen LogP contribution in [0, 0.1) is 0 Å². The van der Waals surface area contributed by atoms with Crippen LogP contribution in [0.2, 0.25) is 0 Å². The lowest BCUT2D eigenvalue weighted by atomic mass is 10.1. The highest BCUT2D eigenvalue weighted by atomic mass is 16.4. The molecule has 19 heavy (non-hydrogen) atoms. The first kappa shape index (κ1) is 15.4. The molecule has 0 aromatic heterocycles. The molecule has 0 radical (unpaired) electrons. The third-order valence-corrected chi connectivity index (χ3v) is 3.05. The Morgan fingerprint density at radius 1 is 1.47 bits per heavy atom. The lowest BCUT2D eigenvalue weighted by Gasteiger charge is -2.37. The largest absolute Gasteiger partial charge is 0.481 e. The van der Waals surface area contributed by atoms with Crippen LogP contribution in [-0.4, -0.2) is 59.0 Å². The number of nitrogens with zero attached hydrogens (tertiary/aromatic N) is 1. The first-order valence-electron chi connectivity index (χ1n) is 6.38. The second-order valence-corrected chi connectivity index (χ2v) is 4.98. The topological polar surface area (TPSA) is 98.7 Å². The molecule has 1 aliphatic rings. The monoisotopic (exact) mass is 271 g/mol. The van der Waals surface area contributed by atoms with Gasteiger partial charge in [0, 0.05) is 19.1 Å². The Balaban J connectivity index is 2.78. The predicted octanol–water partition coefficient (Wildman–Crippen LogP) is -0.825. The van der Waals surface area contributed by atoms with Gasteiger partial charge >= 0.3 is 5.97 Å². The average molecular weight is 271 g/mol. The number of carbonyl (C=O) groups is 3. The summed E-state index contributed by atoms with van der Waals surface area (Å²) in [5.74, 6) is -1.58. The van der Waals surface area contributed by atoms with Crippen LogP contribution in [-0.2, 0) is 14.4 Å². The minimum atomic E-state index is -1.05. The van der Waals surface area contributed by atoms with Crippen LogP contribution in [0.4, 0.5) is 0 Å². The van der Waals surface area contributed by atoms with Gasteiger partial charge in [0.1, 0.15) is 6.04 Å². The smallest absolute Gasteiger partial charge is 0.305 e. The fourth-order valence-electron chi connectivity index (χ4n) is 2.13. The van der Waals surface area contributed by atoms with E-state index in [1.165, 1.54) is 0 Å². The molecule has 2 unspecified atom stereocenters. The summed E-state index contributed by atoms with van der Waals surface area (Å²) in [5.41, 5.74) is 0. The van der Waals surface area contributed by atoms with Gasteiger partial charge in [-0.1, -0.05) is 0 Å². The number of hydrogen-bond donors (Lipinski definition) is 3. The molecule has 0 bridgehead atoms. The van der Waals surface area contributed by atoms with Crippen molar-refractivity contribution >= 4 is 17.8 Å². The molecule has 0 aromatic carbocycles. The summed E-state index contributed by atoms with van der Waals surface area (Å²) in [6.07, 6.45) is -0.300. The van der Waals surface area contributed by atoms with Gasteiger partial charge in [-0.05, 0) is 20.8 Å². The Labute approximate surface area is 112 Å². The number of aliphatic carboxylic acids is 1. The third-order valence-electron chi connectivity index (χ3n) is 3.05. The Morgan fingerprint density at radius 2 is 2.11 bits per heavy atom. The number of hydrogen-bond acceptors (Lipinski definition) is 4. The normalized spacial score (nSPS) is 21.9. The summed E-state index contributed by atoms with van der Waals surface area (Å²) in [4.78, 5) is 36.2. The average Bonchev–Trinajstić information content (AvgIpc) is 2.29. The van der Waals surface area contributed by atoms with E-state index in [0.717, 1.165) is 0 Å². The zero-order valence-corrected chi connectivity index (χ0v) is 11.5. The van der Waals surface area contributed by atoms with Crippen LogP contribution in [0.25, 0.3) is 0 Å². The summed E-state index contributed by atoms with van der Waals surface area (Å²) < 4.78 is 0. The molecule has 7 nitrogen and oxygen atoms in total. The van der Waals surface area contributed by atoms with Crippen molar-refractivity contribution in [2.24, 2.45) is 0 Å². The van der Waals surface area contributed by atoms with E-state index >= 15 is 0 Å². The van der Waals surface area contributed by atoms with E-state index in [4.69, 9.17) is 5.11 Å². The maximum atomic E-state index is 12.0. The zero-order valence-electron chi connectivity index (χ0n) is 11.5. The van der Waals surface area contributed by atoms with Gasteiger partial charge in [0.15, 0.2) is 0 Å². The van der Waals surface area contributed by atoms with E-state index in [-0.39, 0.29) is 24.3 Å². The highest BCUT2D eigenvalue weighted by Gasteiger charge is 2.36. The molecule has 0 spiro atoms. The third kappa shape index (κ3) is 4.20. The molecule has 7 heteroatoms. The van der Waals surface area contributed by atoms with E-state index < -0.39 is 18.1 Å². The van der Waals surface area contributed by atoms with Crippen molar-refractivity contribution in [1.82, 2.24) is 15.5 Å². The highest BCUT2D eigenvalue weighted by molar-refractivity contribution is 5.88. The van der Waals surface area contributed by atoms with Crippen molar-refractivity contribution in [3.8, 4) is 0 Å². The molecule has 3 N–H and O–H groups in total. The van der Waals surface area contributed by atoms with Crippen LogP contribution in [0.3, 0.4) is 0 Å². The first-order valence-corrected chi connectivity index (χ1v) is 6.38. The molecular weight excluding hydrogens is 250 g/mol. The Kier molecular flexibility index (Phi) is 5.29. The number of amides is 2. The van der Waals surface area contributed by atoms with Gasteiger partial charge in [0.05, 0.1) is 12.5 Å². The van der Waals surface area contributed by atoms with E-state index in [2.05, 4.69) is 10.6 Å². The Bertz CT molecular complexity index is 370. The lowest BCUT2D eigenvalue weighted by molar-refractivity contribution is -0.145. The SMILES string of the molecule is CC(C)NC(=O)C(C)N1CCNC(=O)C1CC(=O)O. The molecular formula is C12H21N3O4. The molecule has 0 aliphatic carbocycles. The van der Waals surface area contributed by atoms with Crippen molar-refractivity contribution in [3.05, 3.63) is 0 Å². The van der Waals surface area contributed by atoms with Gasteiger partial charge in [-0.3, -0.25) is 19.3 Å². The van der Waals surface area contributed by atoms with Gasteiger partial charge in [-0.25, -0.2) is 0 Å². The van der Waals surface area contributed by atoms with Crippen LogP contribution in [0.15, 0.2) is 0 Å². The molecule has 2 atom stereocenters. The van der Waals surface area contributed by atoms with E-state index in [0.29, 0.717) is 13.1 Å². The van der Waals surface area contributed by atoms with Crippen molar-refractivity contribution in [2.45, 2.75) is 45.3 Å². The van der Waals surface area contributed by atoms with Gasteiger partial charge in [0.25, 0.3) is 0 Å². The molecule has 0 saturated carbocycles. The van der Waals surface area contributed by atoms with Crippen LogP contribution >= 0.6 is 0 Å². The van der Waals surface area contributed by atoms with Gasteiger partial charge in [-0.15, -0.1) is 0 Å². The number of rotatable bonds is 5. The minimum Gasteiger partial charge on any atom is -0.481 e. The summed E-state index contributed by atoms with van der Waals surface area (Å²) in [6, 6.07) is -1.32. The molecule has 1 rings (SSSR count). The van der Waals surface area contributed by atoms with E-state index in [1.54, 1.807) is 11.8 Å². The Hall–Kier alpha value is -1.63. The van der Waals surface area contributed by atoms with E-state index in [1.807, 2.05) is 13.8 Å². The molecule has 1 fully saturated rings. The number of carboxylic acid groups (broad SMARTS) is 1. The van der Waals surface area contributed by atoms with E-state index in [9.17, 15) is 14.4 Å². The standard InChI is InChI=1S/C12H21N3O4/c1-7(2)14-11(18)8(3)15-5-4-13-12(19)9(15)6-10(16)17/h7-9H,4-6H2,1-3H3,(H,13,19)(H,14,18)(H,16,17). The highest BCUT2D eigenvalue weighted by Crippen LogP contribution is 2.13.